The third kappa shape index (κ3) is 3.11. The average Bonchev–Trinajstić information content (AvgIpc) is 2.54. The molecule has 1 aliphatic heterocycles. The van der Waals surface area contributed by atoms with Crippen molar-refractivity contribution in [2.24, 2.45) is 0 Å². The molecule has 1 amide bonds. The second-order valence-corrected chi connectivity index (χ2v) is 6.19. The molecule has 2 aromatic rings. The van der Waals surface area contributed by atoms with Gasteiger partial charge >= 0.3 is 0 Å². The first-order chi connectivity index (χ1) is 10.6. The van der Waals surface area contributed by atoms with Gasteiger partial charge in [-0.1, -0.05) is 11.8 Å². The number of nitrogens with zero attached hydrogens (tertiary/aromatic N) is 3. The van der Waals surface area contributed by atoms with Crippen molar-refractivity contribution in [1.82, 2.24) is 9.97 Å². The van der Waals surface area contributed by atoms with Crippen LogP contribution in [0.4, 0.5) is 10.1 Å². The molecule has 0 unspecified atom stereocenters. The van der Waals surface area contributed by atoms with Gasteiger partial charge in [0.1, 0.15) is 5.82 Å². The van der Waals surface area contributed by atoms with E-state index in [1.165, 1.54) is 23.9 Å². The molecule has 1 aliphatic rings. The molecular formula is C16H16FN3OS. The molecule has 6 heteroatoms. The number of carbonyl (C=O) groups excluding carboxylic acids is 1. The number of benzene rings is 1. The van der Waals surface area contributed by atoms with Crippen LogP contribution in [0, 0.1) is 5.82 Å². The summed E-state index contributed by atoms with van der Waals surface area (Å²) in [4.78, 5) is 22.6. The van der Waals surface area contributed by atoms with E-state index < -0.39 is 0 Å². The lowest BCUT2D eigenvalue weighted by Crippen LogP contribution is -2.43. The van der Waals surface area contributed by atoms with E-state index in [1.807, 2.05) is 6.92 Å². The van der Waals surface area contributed by atoms with E-state index >= 15 is 0 Å². The number of aryl methyl sites for hydroxylation is 1. The fourth-order valence-corrected chi connectivity index (χ4v) is 3.32. The summed E-state index contributed by atoms with van der Waals surface area (Å²) in [5.74, 6) is 0.0100. The van der Waals surface area contributed by atoms with Crippen molar-refractivity contribution < 1.29 is 9.18 Å². The Labute approximate surface area is 132 Å². The lowest BCUT2D eigenvalue weighted by Gasteiger charge is -2.35. The van der Waals surface area contributed by atoms with Gasteiger partial charge in [-0.3, -0.25) is 4.79 Å². The van der Waals surface area contributed by atoms with Crippen LogP contribution in [0.2, 0.25) is 0 Å². The number of rotatable bonds is 3. The summed E-state index contributed by atoms with van der Waals surface area (Å²) in [6.45, 7) is 2.02. The van der Waals surface area contributed by atoms with E-state index in [9.17, 15) is 9.18 Å². The van der Waals surface area contributed by atoms with E-state index in [0.29, 0.717) is 5.16 Å². The molecule has 2 heterocycles. The zero-order valence-electron chi connectivity index (χ0n) is 12.2. The number of hydrogen-bond donors (Lipinski definition) is 0. The number of aromatic nitrogens is 2. The first-order valence-electron chi connectivity index (χ1n) is 7.15. The highest BCUT2D eigenvalue weighted by Gasteiger charge is 2.28. The normalized spacial score (nSPS) is 17.2. The van der Waals surface area contributed by atoms with Gasteiger partial charge in [0.25, 0.3) is 0 Å². The lowest BCUT2D eigenvalue weighted by atomic mass is 9.96. The molecule has 0 N–H and O–H groups in total. The molecule has 0 radical (unpaired) electrons. The van der Waals surface area contributed by atoms with Crippen molar-refractivity contribution in [2.45, 2.75) is 31.0 Å². The minimum absolute atomic E-state index is 0.00230. The Balaban J connectivity index is 1.77. The number of hydrogen-bond acceptors (Lipinski definition) is 4. The largest absolute Gasteiger partial charge is 0.309 e. The van der Waals surface area contributed by atoms with Gasteiger partial charge < -0.3 is 4.90 Å². The fraction of sp³-hybridized carbons (Fsp3) is 0.312. The van der Waals surface area contributed by atoms with Crippen molar-refractivity contribution in [3.8, 4) is 0 Å². The maximum Gasteiger partial charge on any atom is 0.237 e. The van der Waals surface area contributed by atoms with Crippen molar-refractivity contribution >= 4 is 23.4 Å². The Bertz CT molecular complexity index is 680. The third-order valence-corrected chi connectivity index (χ3v) is 4.57. The van der Waals surface area contributed by atoms with Crippen LogP contribution in [0.3, 0.4) is 0 Å². The standard InChI is InChI=1S/C16H16FN3OS/c1-11-3-4-12-9-13(17)5-6-14(12)20(11)15(21)10-22-16-18-7-2-8-19-16/h2,5-9,11H,3-4,10H2,1H3/t11-/m1/s1. The van der Waals surface area contributed by atoms with Gasteiger partial charge in [-0.25, -0.2) is 14.4 Å². The molecule has 114 valence electrons. The summed E-state index contributed by atoms with van der Waals surface area (Å²) in [7, 11) is 0. The van der Waals surface area contributed by atoms with Gasteiger partial charge in [0.05, 0.1) is 5.75 Å². The van der Waals surface area contributed by atoms with E-state index in [2.05, 4.69) is 9.97 Å². The number of fused-ring (bicyclic) bond motifs is 1. The van der Waals surface area contributed by atoms with Crippen LogP contribution in [0.5, 0.6) is 0 Å². The molecule has 22 heavy (non-hydrogen) atoms. The predicted molar refractivity (Wildman–Crippen MR) is 84.4 cm³/mol. The second-order valence-electron chi connectivity index (χ2n) is 5.24. The molecule has 1 aromatic heterocycles. The monoisotopic (exact) mass is 317 g/mol. The van der Waals surface area contributed by atoms with Crippen LogP contribution in [-0.2, 0) is 11.2 Å². The van der Waals surface area contributed by atoms with Crippen LogP contribution in [0.15, 0.2) is 41.8 Å². The molecule has 1 aromatic carbocycles. The van der Waals surface area contributed by atoms with Gasteiger partial charge in [0.15, 0.2) is 5.16 Å². The van der Waals surface area contributed by atoms with Gasteiger partial charge in [-0.2, -0.15) is 0 Å². The molecule has 4 nitrogen and oxygen atoms in total. The van der Waals surface area contributed by atoms with Crippen LogP contribution < -0.4 is 4.90 Å². The SMILES string of the molecule is C[C@@H]1CCc2cc(F)ccc2N1C(=O)CSc1ncccn1. The average molecular weight is 317 g/mol. The summed E-state index contributed by atoms with van der Waals surface area (Å²) < 4.78 is 13.4. The number of thioether (sulfide) groups is 1. The molecule has 1 atom stereocenters. The molecule has 0 spiro atoms. The molecule has 0 aliphatic carbocycles. The quantitative estimate of drug-likeness (QED) is 0.645. The number of amides is 1. The van der Waals surface area contributed by atoms with Gasteiger partial charge in [-0.05, 0) is 49.6 Å². The zero-order chi connectivity index (χ0) is 15.5. The first kappa shape index (κ1) is 15.0. The summed E-state index contributed by atoms with van der Waals surface area (Å²) in [6.07, 6.45) is 4.95. The van der Waals surface area contributed by atoms with Crippen molar-refractivity contribution in [3.05, 3.63) is 48.0 Å². The van der Waals surface area contributed by atoms with Gasteiger partial charge in [-0.15, -0.1) is 0 Å². The van der Waals surface area contributed by atoms with Crippen LogP contribution >= 0.6 is 11.8 Å². The molecule has 3 rings (SSSR count). The fourth-order valence-electron chi connectivity index (χ4n) is 2.66. The summed E-state index contributed by atoms with van der Waals surface area (Å²) in [5.41, 5.74) is 1.71. The molecule has 0 bridgehead atoms. The first-order valence-corrected chi connectivity index (χ1v) is 8.14. The van der Waals surface area contributed by atoms with Crippen LogP contribution in [-0.4, -0.2) is 27.7 Å². The highest BCUT2D eigenvalue weighted by atomic mass is 32.2. The van der Waals surface area contributed by atoms with E-state index in [4.69, 9.17) is 0 Å². The highest BCUT2D eigenvalue weighted by molar-refractivity contribution is 7.99. The zero-order valence-corrected chi connectivity index (χ0v) is 13.0. The minimum atomic E-state index is -0.257. The van der Waals surface area contributed by atoms with Crippen molar-refractivity contribution in [3.63, 3.8) is 0 Å². The van der Waals surface area contributed by atoms with Gasteiger partial charge in [0, 0.05) is 24.1 Å². The lowest BCUT2D eigenvalue weighted by molar-refractivity contribution is -0.116. The maximum absolute atomic E-state index is 13.4. The Morgan fingerprint density at radius 2 is 2.18 bits per heavy atom. The Morgan fingerprint density at radius 1 is 1.41 bits per heavy atom. The van der Waals surface area contributed by atoms with Crippen LogP contribution in [0.25, 0.3) is 0 Å². The van der Waals surface area contributed by atoms with E-state index in [1.54, 1.807) is 29.4 Å². The Kier molecular flexibility index (Phi) is 4.38. The topological polar surface area (TPSA) is 46.1 Å². The smallest absolute Gasteiger partial charge is 0.237 e. The second kappa shape index (κ2) is 6.44. The van der Waals surface area contributed by atoms with Crippen LogP contribution in [0.1, 0.15) is 18.9 Å². The summed E-state index contributed by atoms with van der Waals surface area (Å²) in [5, 5.41) is 0.583. The third-order valence-electron chi connectivity index (χ3n) is 3.71. The molecule has 0 saturated carbocycles. The highest BCUT2D eigenvalue weighted by Crippen LogP contribution is 2.32. The van der Waals surface area contributed by atoms with Crippen molar-refractivity contribution in [1.29, 1.82) is 0 Å². The number of anilines is 1. The number of halogens is 1. The van der Waals surface area contributed by atoms with Gasteiger partial charge in [0.2, 0.25) is 5.91 Å². The maximum atomic E-state index is 13.4. The molecule has 0 fully saturated rings. The summed E-state index contributed by atoms with van der Waals surface area (Å²) >= 11 is 1.31. The number of carbonyl (C=O) groups is 1. The van der Waals surface area contributed by atoms with Crippen molar-refractivity contribution in [2.75, 3.05) is 10.7 Å². The summed E-state index contributed by atoms with van der Waals surface area (Å²) in [6, 6.07) is 6.48. The Hall–Kier alpha value is -1.95. The minimum Gasteiger partial charge on any atom is -0.309 e. The van der Waals surface area contributed by atoms with E-state index in [0.717, 1.165) is 24.1 Å². The predicted octanol–water partition coefficient (Wildman–Crippen LogP) is 3.08. The molecular weight excluding hydrogens is 301 g/mol. The van der Waals surface area contributed by atoms with E-state index in [-0.39, 0.29) is 23.5 Å². The Morgan fingerprint density at radius 3 is 2.95 bits per heavy atom. The molecule has 0 saturated heterocycles.